The van der Waals surface area contributed by atoms with E-state index in [-0.39, 0.29) is 5.82 Å². The van der Waals surface area contributed by atoms with Crippen LogP contribution in [0.1, 0.15) is 12.5 Å². The molecule has 0 bridgehead atoms. The largest absolute Gasteiger partial charge is 0.481 e. The van der Waals surface area contributed by atoms with Crippen LogP contribution in [0.5, 0.6) is 0 Å². The van der Waals surface area contributed by atoms with Gasteiger partial charge in [0.2, 0.25) is 0 Å². The van der Waals surface area contributed by atoms with E-state index in [0.717, 1.165) is 0 Å². The number of halogens is 2. The smallest absolute Gasteiger partial charge is 0.307 e. The van der Waals surface area contributed by atoms with E-state index in [2.05, 4.69) is 0 Å². The van der Waals surface area contributed by atoms with Gasteiger partial charge in [-0.15, -0.1) is 0 Å². The zero-order chi connectivity index (χ0) is 12.1. The first kappa shape index (κ1) is 13.3. The minimum atomic E-state index is -0.834. The first-order valence-electron chi connectivity index (χ1n) is 4.75. The van der Waals surface area contributed by atoms with Gasteiger partial charge >= 0.3 is 5.97 Å². The summed E-state index contributed by atoms with van der Waals surface area (Å²) in [7, 11) is 0. The molecular formula is C11H12ClFO2S. The molecule has 0 spiro atoms. The molecule has 88 valence electrons. The van der Waals surface area contributed by atoms with Crippen LogP contribution < -0.4 is 0 Å². The molecule has 0 saturated heterocycles. The summed E-state index contributed by atoms with van der Waals surface area (Å²) in [6, 6.07) is 4.37. The Morgan fingerprint density at radius 1 is 1.62 bits per heavy atom. The fraction of sp³-hybridized carbons (Fsp3) is 0.364. The Kier molecular flexibility index (Phi) is 5.09. The number of benzene rings is 1. The molecule has 2 nitrogen and oxygen atoms in total. The van der Waals surface area contributed by atoms with E-state index in [0.29, 0.717) is 22.1 Å². The molecule has 1 atom stereocenters. The number of carboxylic acids is 1. The average Bonchev–Trinajstić information content (AvgIpc) is 2.22. The van der Waals surface area contributed by atoms with Crippen LogP contribution in [0, 0.1) is 11.7 Å². The second-order valence-corrected chi connectivity index (χ2v) is 4.96. The molecule has 0 aliphatic rings. The highest BCUT2D eigenvalue weighted by Crippen LogP contribution is 2.21. The molecule has 0 aromatic heterocycles. The summed E-state index contributed by atoms with van der Waals surface area (Å²) in [6.45, 7) is 1.63. The second kappa shape index (κ2) is 6.11. The van der Waals surface area contributed by atoms with Crippen molar-refractivity contribution in [3.8, 4) is 0 Å². The minimum absolute atomic E-state index is 0.306. The van der Waals surface area contributed by atoms with Gasteiger partial charge in [0.15, 0.2) is 0 Å². The zero-order valence-corrected chi connectivity index (χ0v) is 10.3. The quantitative estimate of drug-likeness (QED) is 0.883. The SMILES string of the molecule is CC(CSCc1cc(Cl)ccc1F)C(=O)O. The van der Waals surface area contributed by atoms with Crippen LogP contribution in [-0.4, -0.2) is 16.8 Å². The molecule has 16 heavy (non-hydrogen) atoms. The van der Waals surface area contributed by atoms with Crippen molar-refractivity contribution in [2.75, 3.05) is 5.75 Å². The Balaban J connectivity index is 2.48. The lowest BCUT2D eigenvalue weighted by Crippen LogP contribution is -2.11. The van der Waals surface area contributed by atoms with E-state index < -0.39 is 11.9 Å². The predicted octanol–water partition coefficient (Wildman–Crippen LogP) is 3.43. The third-order valence-electron chi connectivity index (χ3n) is 2.05. The van der Waals surface area contributed by atoms with Crippen molar-refractivity contribution in [3.05, 3.63) is 34.6 Å². The molecule has 0 radical (unpaired) electrons. The zero-order valence-electron chi connectivity index (χ0n) is 8.74. The summed E-state index contributed by atoms with van der Waals surface area (Å²) in [4.78, 5) is 10.6. The number of thioether (sulfide) groups is 1. The van der Waals surface area contributed by atoms with Gasteiger partial charge in [0.05, 0.1) is 5.92 Å². The fourth-order valence-electron chi connectivity index (χ4n) is 1.07. The summed E-state index contributed by atoms with van der Waals surface area (Å²) in [6.07, 6.45) is 0. The Morgan fingerprint density at radius 3 is 2.94 bits per heavy atom. The van der Waals surface area contributed by atoms with E-state index >= 15 is 0 Å². The fourth-order valence-corrected chi connectivity index (χ4v) is 2.32. The highest BCUT2D eigenvalue weighted by atomic mass is 35.5. The van der Waals surface area contributed by atoms with Crippen LogP contribution >= 0.6 is 23.4 Å². The third kappa shape index (κ3) is 4.02. The third-order valence-corrected chi connectivity index (χ3v) is 3.54. The van der Waals surface area contributed by atoms with Crippen molar-refractivity contribution in [1.82, 2.24) is 0 Å². The van der Waals surface area contributed by atoms with E-state index in [1.54, 1.807) is 13.0 Å². The molecule has 5 heteroatoms. The summed E-state index contributed by atoms with van der Waals surface area (Å²) >= 11 is 7.12. The summed E-state index contributed by atoms with van der Waals surface area (Å²) in [5.74, 6) is -0.670. The number of hydrogen-bond donors (Lipinski definition) is 1. The molecule has 1 unspecified atom stereocenters. The van der Waals surface area contributed by atoms with Crippen LogP contribution in [0.3, 0.4) is 0 Å². The van der Waals surface area contributed by atoms with Gasteiger partial charge in [0.1, 0.15) is 5.82 Å². The molecule has 0 aliphatic heterocycles. The molecule has 0 amide bonds. The van der Waals surface area contributed by atoms with E-state index in [9.17, 15) is 9.18 Å². The molecule has 0 heterocycles. The van der Waals surface area contributed by atoms with Crippen molar-refractivity contribution in [2.45, 2.75) is 12.7 Å². The highest BCUT2D eigenvalue weighted by molar-refractivity contribution is 7.98. The van der Waals surface area contributed by atoms with Gasteiger partial charge in [0.25, 0.3) is 0 Å². The van der Waals surface area contributed by atoms with Gasteiger partial charge in [-0.3, -0.25) is 4.79 Å². The molecule has 0 aliphatic carbocycles. The second-order valence-electron chi connectivity index (χ2n) is 3.49. The van der Waals surface area contributed by atoms with Gasteiger partial charge < -0.3 is 5.11 Å². The summed E-state index contributed by atoms with van der Waals surface area (Å²) in [5.41, 5.74) is 0.509. The highest BCUT2D eigenvalue weighted by Gasteiger charge is 2.11. The average molecular weight is 263 g/mol. The van der Waals surface area contributed by atoms with Crippen LogP contribution in [0.15, 0.2) is 18.2 Å². The maximum Gasteiger partial charge on any atom is 0.307 e. The van der Waals surface area contributed by atoms with Crippen LogP contribution in [0.25, 0.3) is 0 Å². The lowest BCUT2D eigenvalue weighted by atomic mass is 10.2. The van der Waals surface area contributed by atoms with E-state index in [1.165, 1.54) is 23.9 Å². The summed E-state index contributed by atoms with van der Waals surface area (Å²) < 4.78 is 13.3. The van der Waals surface area contributed by atoms with E-state index in [1.807, 2.05) is 0 Å². The number of carbonyl (C=O) groups is 1. The van der Waals surface area contributed by atoms with Crippen LogP contribution in [-0.2, 0) is 10.5 Å². The van der Waals surface area contributed by atoms with Crippen molar-refractivity contribution >= 4 is 29.3 Å². The predicted molar refractivity (Wildman–Crippen MR) is 64.4 cm³/mol. The van der Waals surface area contributed by atoms with Gasteiger partial charge in [-0.25, -0.2) is 4.39 Å². The molecule has 0 fully saturated rings. The lowest BCUT2D eigenvalue weighted by molar-refractivity contribution is -0.140. The topological polar surface area (TPSA) is 37.3 Å². The molecule has 1 rings (SSSR count). The summed E-state index contributed by atoms with van der Waals surface area (Å²) in [5, 5.41) is 9.16. The number of rotatable bonds is 5. The van der Waals surface area contributed by atoms with Crippen LogP contribution in [0.2, 0.25) is 5.02 Å². The first-order chi connectivity index (χ1) is 7.50. The van der Waals surface area contributed by atoms with Crippen molar-refractivity contribution in [3.63, 3.8) is 0 Å². The molecular weight excluding hydrogens is 251 g/mol. The molecule has 1 aromatic carbocycles. The Hall–Kier alpha value is -0.740. The van der Waals surface area contributed by atoms with Crippen molar-refractivity contribution in [1.29, 1.82) is 0 Å². The monoisotopic (exact) mass is 262 g/mol. The Bertz CT molecular complexity index is 384. The lowest BCUT2D eigenvalue weighted by Gasteiger charge is -2.06. The number of hydrogen-bond acceptors (Lipinski definition) is 2. The van der Waals surface area contributed by atoms with Gasteiger partial charge in [-0.05, 0) is 23.8 Å². The van der Waals surface area contributed by atoms with Crippen molar-refractivity contribution in [2.24, 2.45) is 5.92 Å². The number of carboxylic acid groups (broad SMARTS) is 1. The van der Waals surface area contributed by atoms with E-state index in [4.69, 9.17) is 16.7 Å². The minimum Gasteiger partial charge on any atom is -0.481 e. The molecule has 1 aromatic rings. The Morgan fingerprint density at radius 2 is 2.31 bits per heavy atom. The normalized spacial score (nSPS) is 12.4. The Labute approximate surface area is 103 Å². The number of aliphatic carboxylic acids is 1. The standard InChI is InChI=1S/C11H12ClFO2S/c1-7(11(14)15)5-16-6-8-4-9(12)2-3-10(8)13/h2-4,7H,5-6H2,1H3,(H,14,15). The molecule has 0 saturated carbocycles. The van der Waals surface area contributed by atoms with Crippen molar-refractivity contribution < 1.29 is 14.3 Å². The van der Waals surface area contributed by atoms with Gasteiger partial charge in [-0.2, -0.15) is 11.8 Å². The maximum atomic E-state index is 13.3. The van der Waals surface area contributed by atoms with Crippen LogP contribution in [0.4, 0.5) is 4.39 Å². The molecule has 1 N–H and O–H groups in total. The van der Waals surface area contributed by atoms with Gasteiger partial charge in [0, 0.05) is 16.5 Å². The first-order valence-corrected chi connectivity index (χ1v) is 6.28. The van der Waals surface area contributed by atoms with Gasteiger partial charge in [-0.1, -0.05) is 18.5 Å². The maximum absolute atomic E-state index is 13.3.